The molecule has 3 nitrogen and oxygen atoms in total. The van der Waals surface area contributed by atoms with Crippen molar-refractivity contribution in [1.29, 1.82) is 5.26 Å². The molecule has 0 bridgehead atoms. The van der Waals surface area contributed by atoms with Gasteiger partial charge in [0.05, 0.1) is 25.3 Å². The van der Waals surface area contributed by atoms with E-state index in [1.807, 2.05) is 6.92 Å². The number of hydrogen-bond acceptors (Lipinski definition) is 3. The smallest absolute Gasteiger partial charge is 0.144 e. The Bertz CT molecular complexity index is 373. The van der Waals surface area contributed by atoms with Crippen molar-refractivity contribution < 1.29 is 9.13 Å². The lowest BCUT2D eigenvalue weighted by atomic mass is 10.2. The third kappa shape index (κ3) is 3.13. The molecule has 1 aromatic rings. The molecule has 1 unspecified atom stereocenters. The second-order valence-electron chi connectivity index (χ2n) is 3.25. The van der Waals surface area contributed by atoms with Gasteiger partial charge < -0.3 is 10.1 Å². The SMILES string of the molecule is COc1cc(F)ccc1NC(C)CC#N. The van der Waals surface area contributed by atoms with Gasteiger partial charge in [-0.1, -0.05) is 0 Å². The molecule has 0 saturated carbocycles. The summed E-state index contributed by atoms with van der Waals surface area (Å²) in [5.74, 6) is 0.102. The van der Waals surface area contributed by atoms with Gasteiger partial charge in [-0.25, -0.2) is 4.39 Å². The van der Waals surface area contributed by atoms with Gasteiger partial charge in [-0.15, -0.1) is 0 Å². The molecular weight excluding hydrogens is 195 g/mol. The van der Waals surface area contributed by atoms with Crippen molar-refractivity contribution in [1.82, 2.24) is 0 Å². The van der Waals surface area contributed by atoms with Gasteiger partial charge in [-0.3, -0.25) is 0 Å². The summed E-state index contributed by atoms with van der Waals surface area (Å²) >= 11 is 0. The van der Waals surface area contributed by atoms with Crippen LogP contribution in [0.4, 0.5) is 10.1 Å². The minimum Gasteiger partial charge on any atom is -0.494 e. The zero-order valence-corrected chi connectivity index (χ0v) is 8.75. The summed E-state index contributed by atoms with van der Waals surface area (Å²) < 4.78 is 17.9. The van der Waals surface area contributed by atoms with E-state index in [9.17, 15) is 4.39 Å². The Balaban J connectivity index is 2.81. The molecule has 0 aliphatic heterocycles. The standard InChI is InChI=1S/C11H13FN2O/c1-8(5-6-13)14-10-4-3-9(12)7-11(10)15-2/h3-4,7-8,14H,5H2,1-2H3. The first kappa shape index (κ1) is 11.3. The Labute approximate surface area is 88.5 Å². The maximum Gasteiger partial charge on any atom is 0.144 e. The number of ether oxygens (including phenoxy) is 1. The minimum atomic E-state index is -0.342. The molecule has 0 aliphatic carbocycles. The molecule has 0 saturated heterocycles. The van der Waals surface area contributed by atoms with Crippen LogP contribution in [0.1, 0.15) is 13.3 Å². The van der Waals surface area contributed by atoms with Gasteiger partial charge >= 0.3 is 0 Å². The Morgan fingerprint density at radius 2 is 2.33 bits per heavy atom. The van der Waals surface area contributed by atoms with E-state index in [4.69, 9.17) is 10.00 Å². The highest BCUT2D eigenvalue weighted by atomic mass is 19.1. The van der Waals surface area contributed by atoms with Crippen LogP contribution in [-0.2, 0) is 0 Å². The van der Waals surface area contributed by atoms with Crippen LogP contribution in [0.3, 0.4) is 0 Å². The Kier molecular flexibility index (Phi) is 3.92. The van der Waals surface area contributed by atoms with E-state index < -0.39 is 0 Å². The second-order valence-corrected chi connectivity index (χ2v) is 3.25. The Hall–Kier alpha value is -1.76. The quantitative estimate of drug-likeness (QED) is 0.827. The van der Waals surface area contributed by atoms with Crippen molar-refractivity contribution in [3.8, 4) is 11.8 Å². The monoisotopic (exact) mass is 208 g/mol. The average Bonchev–Trinajstić information content (AvgIpc) is 2.21. The normalized spacial score (nSPS) is 11.6. The fourth-order valence-corrected chi connectivity index (χ4v) is 1.24. The van der Waals surface area contributed by atoms with Crippen LogP contribution in [0.5, 0.6) is 5.75 Å². The first-order valence-corrected chi connectivity index (χ1v) is 4.64. The van der Waals surface area contributed by atoms with Gasteiger partial charge in [0.2, 0.25) is 0 Å². The van der Waals surface area contributed by atoms with E-state index in [0.29, 0.717) is 17.9 Å². The molecule has 0 aromatic heterocycles. The molecule has 1 aromatic carbocycles. The number of rotatable bonds is 4. The molecule has 4 heteroatoms. The van der Waals surface area contributed by atoms with E-state index in [1.165, 1.54) is 19.2 Å². The van der Waals surface area contributed by atoms with Gasteiger partial charge in [0, 0.05) is 12.1 Å². The summed E-state index contributed by atoms with van der Waals surface area (Å²) in [4.78, 5) is 0. The zero-order chi connectivity index (χ0) is 11.3. The zero-order valence-electron chi connectivity index (χ0n) is 8.75. The molecule has 15 heavy (non-hydrogen) atoms. The fraction of sp³-hybridized carbons (Fsp3) is 0.364. The topological polar surface area (TPSA) is 45.0 Å². The molecule has 0 fully saturated rings. The number of nitrogens with zero attached hydrogens (tertiary/aromatic N) is 1. The summed E-state index contributed by atoms with van der Waals surface area (Å²) in [6, 6.07) is 6.33. The molecule has 0 spiro atoms. The van der Waals surface area contributed by atoms with E-state index >= 15 is 0 Å². The molecule has 0 radical (unpaired) electrons. The maximum atomic E-state index is 12.9. The van der Waals surface area contributed by atoms with Gasteiger partial charge in [0.25, 0.3) is 0 Å². The number of hydrogen-bond donors (Lipinski definition) is 1. The molecule has 0 amide bonds. The summed E-state index contributed by atoms with van der Waals surface area (Å²) in [5.41, 5.74) is 0.696. The minimum absolute atomic E-state index is 0.00867. The lowest BCUT2D eigenvalue weighted by molar-refractivity contribution is 0.412. The summed E-state index contributed by atoms with van der Waals surface area (Å²) in [7, 11) is 1.48. The molecule has 1 rings (SSSR count). The van der Waals surface area contributed by atoms with Gasteiger partial charge in [-0.05, 0) is 19.1 Å². The number of nitriles is 1. The van der Waals surface area contributed by atoms with E-state index in [0.717, 1.165) is 0 Å². The molecular formula is C11H13FN2O. The number of anilines is 1. The highest BCUT2D eigenvalue weighted by molar-refractivity contribution is 5.56. The van der Waals surface area contributed by atoms with E-state index in [1.54, 1.807) is 6.07 Å². The van der Waals surface area contributed by atoms with Crippen molar-refractivity contribution in [2.75, 3.05) is 12.4 Å². The summed E-state index contributed by atoms with van der Waals surface area (Å²) in [5, 5.41) is 11.6. The third-order valence-corrected chi connectivity index (χ3v) is 1.96. The van der Waals surface area contributed by atoms with Crippen LogP contribution in [0, 0.1) is 17.1 Å². The first-order chi connectivity index (χ1) is 7.17. The van der Waals surface area contributed by atoms with Crippen molar-refractivity contribution in [2.45, 2.75) is 19.4 Å². The number of halogens is 1. The Morgan fingerprint density at radius 1 is 1.60 bits per heavy atom. The number of nitrogens with one attached hydrogen (secondary N) is 1. The van der Waals surface area contributed by atoms with E-state index in [-0.39, 0.29) is 11.9 Å². The lowest BCUT2D eigenvalue weighted by Gasteiger charge is -2.14. The second kappa shape index (κ2) is 5.20. The van der Waals surface area contributed by atoms with Crippen LogP contribution >= 0.6 is 0 Å². The molecule has 0 heterocycles. The molecule has 1 atom stereocenters. The van der Waals surface area contributed by atoms with Crippen molar-refractivity contribution in [3.05, 3.63) is 24.0 Å². The van der Waals surface area contributed by atoms with Gasteiger partial charge in [0.15, 0.2) is 0 Å². The predicted molar refractivity (Wildman–Crippen MR) is 56.3 cm³/mol. The van der Waals surface area contributed by atoms with Crippen LogP contribution in [-0.4, -0.2) is 13.2 Å². The summed E-state index contributed by atoms with van der Waals surface area (Å²) in [6.45, 7) is 1.88. The van der Waals surface area contributed by atoms with Crippen molar-refractivity contribution >= 4 is 5.69 Å². The molecule has 1 N–H and O–H groups in total. The first-order valence-electron chi connectivity index (χ1n) is 4.64. The van der Waals surface area contributed by atoms with Crippen LogP contribution < -0.4 is 10.1 Å². The highest BCUT2D eigenvalue weighted by Gasteiger charge is 2.07. The van der Waals surface area contributed by atoms with Crippen molar-refractivity contribution in [3.63, 3.8) is 0 Å². The lowest BCUT2D eigenvalue weighted by Crippen LogP contribution is -2.14. The predicted octanol–water partition coefficient (Wildman–Crippen LogP) is 2.55. The van der Waals surface area contributed by atoms with Crippen LogP contribution in [0.25, 0.3) is 0 Å². The van der Waals surface area contributed by atoms with E-state index in [2.05, 4.69) is 11.4 Å². The highest BCUT2D eigenvalue weighted by Crippen LogP contribution is 2.25. The molecule has 0 aliphatic rings. The maximum absolute atomic E-state index is 12.9. The molecule has 80 valence electrons. The van der Waals surface area contributed by atoms with Gasteiger partial charge in [-0.2, -0.15) is 5.26 Å². The number of methoxy groups -OCH3 is 1. The summed E-state index contributed by atoms with van der Waals surface area (Å²) in [6.07, 6.45) is 0.389. The third-order valence-electron chi connectivity index (χ3n) is 1.96. The van der Waals surface area contributed by atoms with Crippen LogP contribution in [0.2, 0.25) is 0 Å². The van der Waals surface area contributed by atoms with Crippen molar-refractivity contribution in [2.24, 2.45) is 0 Å². The average molecular weight is 208 g/mol. The number of benzene rings is 1. The fourth-order valence-electron chi connectivity index (χ4n) is 1.24. The van der Waals surface area contributed by atoms with Crippen LogP contribution in [0.15, 0.2) is 18.2 Å². The van der Waals surface area contributed by atoms with Gasteiger partial charge in [0.1, 0.15) is 11.6 Å². The Morgan fingerprint density at radius 3 is 2.93 bits per heavy atom. The largest absolute Gasteiger partial charge is 0.494 e.